The molecule has 0 bridgehead atoms. The largest absolute Gasteiger partial charge is 0.398 e. The number of anilines is 2. The number of nitrogens with one attached hydrogen (secondary N) is 1. The number of nitrogens with zero attached hydrogens (tertiary/aromatic N) is 1. The number of carbonyl (C=O) groups excluding carboxylic acids is 1. The van der Waals surface area contributed by atoms with Crippen LogP contribution in [0.25, 0.3) is 0 Å². The van der Waals surface area contributed by atoms with Crippen LogP contribution in [0.2, 0.25) is 10.0 Å². The summed E-state index contributed by atoms with van der Waals surface area (Å²) in [5, 5.41) is 3.73. The number of nitrogen functional groups attached to an aromatic ring is 1. The summed E-state index contributed by atoms with van der Waals surface area (Å²) in [7, 11) is 0. The number of hydrogen-bond donors (Lipinski definition) is 4. The zero-order chi connectivity index (χ0) is 23.3. The topological polar surface area (TPSA) is 120 Å². The predicted molar refractivity (Wildman–Crippen MR) is 134 cm³/mol. The molecule has 3 rings (SSSR count). The quantitative estimate of drug-likeness (QED) is 0.221. The van der Waals surface area contributed by atoms with Gasteiger partial charge in [-0.1, -0.05) is 41.4 Å². The molecule has 166 valence electrons. The number of hydrogen-bond acceptors (Lipinski definition) is 4. The SMILES string of the molecule is Cc1cccc(N=C(N)c2cc(NC(=O)C(CCN)c3ccc(Cl)c(Cl)c3)ccc2N)c1. The summed E-state index contributed by atoms with van der Waals surface area (Å²) in [6.45, 7) is 2.31. The number of nitrogens with two attached hydrogens (primary N) is 3. The molecule has 7 N–H and O–H groups in total. The maximum atomic E-state index is 13.1. The summed E-state index contributed by atoms with van der Waals surface area (Å²) in [6, 6.07) is 17.9. The van der Waals surface area contributed by atoms with Gasteiger partial charge >= 0.3 is 0 Å². The first-order valence-electron chi connectivity index (χ1n) is 10.0. The van der Waals surface area contributed by atoms with Gasteiger partial charge in [0.1, 0.15) is 5.84 Å². The van der Waals surface area contributed by atoms with Gasteiger partial charge in [0.25, 0.3) is 0 Å². The highest BCUT2D eigenvalue weighted by Gasteiger charge is 2.21. The first-order valence-corrected chi connectivity index (χ1v) is 10.8. The molecule has 8 heteroatoms. The second-order valence-corrected chi connectivity index (χ2v) is 8.25. The minimum atomic E-state index is -0.492. The van der Waals surface area contributed by atoms with Crippen LogP contribution >= 0.6 is 23.2 Å². The van der Waals surface area contributed by atoms with E-state index in [0.717, 1.165) is 16.8 Å². The fourth-order valence-corrected chi connectivity index (χ4v) is 3.63. The van der Waals surface area contributed by atoms with E-state index in [-0.39, 0.29) is 11.7 Å². The number of amidine groups is 1. The molecule has 0 aliphatic heterocycles. The van der Waals surface area contributed by atoms with E-state index < -0.39 is 5.92 Å². The second-order valence-electron chi connectivity index (χ2n) is 7.43. The average molecular weight is 470 g/mol. The van der Waals surface area contributed by atoms with Crippen LogP contribution in [0.1, 0.15) is 29.0 Å². The number of aliphatic imine (C=N–C) groups is 1. The molecule has 1 unspecified atom stereocenters. The number of halogens is 2. The zero-order valence-electron chi connectivity index (χ0n) is 17.6. The molecular weight excluding hydrogens is 445 g/mol. The standard InChI is InChI=1S/C24H25Cl2N5O/c1-14-3-2-4-16(11-14)30-23(29)19-13-17(6-8-22(19)28)31-24(32)18(9-10-27)15-5-7-20(25)21(26)12-15/h2-8,11-13,18H,9-10,27-28H2,1H3,(H2,29,30)(H,31,32). The van der Waals surface area contributed by atoms with Gasteiger partial charge in [0.05, 0.1) is 21.7 Å². The Labute approximate surface area is 197 Å². The number of amides is 1. The van der Waals surface area contributed by atoms with E-state index in [9.17, 15) is 4.79 Å². The summed E-state index contributed by atoms with van der Waals surface area (Å²) < 4.78 is 0. The number of aryl methyl sites for hydroxylation is 1. The van der Waals surface area contributed by atoms with E-state index in [0.29, 0.717) is 39.9 Å². The van der Waals surface area contributed by atoms with Crippen molar-refractivity contribution in [2.75, 3.05) is 17.6 Å². The molecule has 6 nitrogen and oxygen atoms in total. The number of carbonyl (C=O) groups is 1. The lowest BCUT2D eigenvalue weighted by atomic mass is 9.94. The van der Waals surface area contributed by atoms with Crippen LogP contribution < -0.4 is 22.5 Å². The van der Waals surface area contributed by atoms with Crippen LogP contribution in [0.15, 0.2) is 65.7 Å². The molecule has 0 radical (unpaired) electrons. The smallest absolute Gasteiger partial charge is 0.231 e. The van der Waals surface area contributed by atoms with Crippen molar-refractivity contribution < 1.29 is 4.79 Å². The minimum Gasteiger partial charge on any atom is -0.398 e. The maximum Gasteiger partial charge on any atom is 0.231 e. The van der Waals surface area contributed by atoms with E-state index in [2.05, 4.69) is 10.3 Å². The molecule has 3 aromatic carbocycles. The normalized spacial score (nSPS) is 12.4. The van der Waals surface area contributed by atoms with Gasteiger partial charge in [-0.05, 0) is 73.5 Å². The predicted octanol–water partition coefficient (Wildman–Crippen LogP) is 4.99. The Morgan fingerprint density at radius 3 is 2.53 bits per heavy atom. The monoisotopic (exact) mass is 469 g/mol. The van der Waals surface area contributed by atoms with E-state index in [1.54, 1.807) is 36.4 Å². The van der Waals surface area contributed by atoms with Crippen molar-refractivity contribution in [3.8, 4) is 0 Å². The molecule has 0 fully saturated rings. The molecule has 3 aromatic rings. The van der Waals surface area contributed by atoms with E-state index in [4.69, 9.17) is 40.4 Å². The first-order chi connectivity index (χ1) is 15.3. The Hall–Kier alpha value is -3.06. The summed E-state index contributed by atoms with van der Waals surface area (Å²) in [5.74, 6) is -0.458. The highest BCUT2D eigenvalue weighted by atomic mass is 35.5. The van der Waals surface area contributed by atoms with Crippen molar-refractivity contribution >= 4 is 52.0 Å². The average Bonchev–Trinajstić information content (AvgIpc) is 2.75. The molecule has 0 heterocycles. The van der Waals surface area contributed by atoms with Gasteiger partial charge in [0.2, 0.25) is 5.91 Å². The van der Waals surface area contributed by atoms with Gasteiger partial charge in [-0.2, -0.15) is 0 Å². The summed E-state index contributed by atoms with van der Waals surface area (Å²) in [5.41, 5.74) is 22.1. The van der Waals surface area contributed by atoms with E-state index >= 15 is 0 Å². The summed E-state index contributed by atoms with van der Waals surface area (Å²) in [6.07, 6.45) is 0.447. The van der Waals surface area contributed by atoms with E-state index in [1.165, 1.54) is 0 Å². The Bertz CT molecular complexity index is 1160. The zero-order valence-corrected chi connectivity index (χ0v) is 19.1. The molecule has 0 aromatic heterocycles. The van der Waals surface area contributed by atoms with Crippen LogP contribution in [0.3, 0.4) is 0 Å². The number of rotatable bonds is 7. The molecule has 0 spiro atoms. The fourth-order valence-electron chi connectivity index (χ4n) is 3.33. The molecule has 32 heavy (non-hydrogen) atoms. The van der Waals surface area contributed by atoms with Crippen LogP contribution in [0.5, 0.6) is 0 Å². The molecular formula is C24H25Cl2N5O. The molecule has 0 saturated carbocycles. The maximum absolute atomic E-state index is 13.1. The highest BCUT2D eigenvalue weighted by Crippen LogP contribution is 2.29. The third-order valence-electron chi connectivity index (χ3n) is 4.97. The lowest BCUT2D eigenvalue weighted by Gasteiger charge is -2.18. The Balaban J connectivity index is 1.86. The Morgan fingerprint density at radius 1 is 1.06 bits per heavy atom. The molecule has 1 amide bonds. The van der Waals surface area contributed by atoms with Crippen LogP contribution in [-0.2, 0) is 4.79 Å². The van der Waals surface area contributed by atoms with Crippen molar-refractivity contribution in [1.29, 1.82) is 0 Å². The molecule has 0 aliphatic carbocycles. The third kappa shape index (κ3) is 5.79. The first kappa shape index (κ1) is 23.6. The van der Waals surface area contributed by atoms with E-state index in [1.807, 2.05) is 31.2 Å². The molecule has 0 saturated heterocycles. The highest BCUT2D eigenvalue weighted by molar-refractivity contribution is 6.42. The van der Waals surface area contributed by atoms with Gasteiger partial charge in [-0.3, -0.25) is 4.79 Å². The van der Waals surface area contributed by atoms with Gasteiger partial charge in [0.15, 0.2) is 0 Å². The van der Waals surface area contributed by atoms with Crippen molar-refractivity contribution in [3.63, 3.8) is 0 Å². The summed E-state index contributed by atoms with van der Waals surface area (Å²) in [4.78, 5) is 17.5. The van der Waals surface area contributed by atoms with Crippen LogP contribution in [0, 0.1) is 6.92 Å². The lowest BCUT2D eigenvalue weighted by Crippen LogP contribution is -2.24. The van der Waals surface area contributed by atoms with Gasteiger partial charge < -0.3 is 22.5 Å². The summed E-state index contributed by atoms with van der Waals surface area (Å²) >= 11 is 12.1. The van der Waals surface area contributed by atoms with Crippen molar-refractivity contribution in [2.24, 2.45) is 16.5 Å². The van der Waals surface area contributed by atoms with Crippen molar-refractivity contribution in [1.82, 2.24) is 0 Å². The molecule has 0 aliphatic rings. The minimum absolute atomic E-state index is 0.223. The lowest BCUT2D eigenvalue weighted by molar-refractivity contribution is -0.117. The van der Waals surface area contributed by atoms with Crippen LogP contribution in [0.4, 0.5) is 17.1 Å². The van der Waals surface area contributed by atoms with Crippen LogP contribution in [-0.4, -0.2) is 18.3 Å². The van der Waals surface area contributed by atoms with Gasteiger partial charge in [-0.15, -0.1) is 0 Å². The van der Waals surface area contributed by atoms with Crippen molar-refractivity contribution in [3.05, 3.63) is 87.4 Å². The van der Waals surface area contributed by atoms with Gasteiger partial charge in [0, 0.05) is 16.9 Å². The fraction of sp³-hybridized carbons (Fsp3) is 0.167. The molecule has 1 atom stereocenters. The number of benzene rings is 3. The van der Waals surface area contributed by atoms with Gasteiger partial charge in [-0.25, -0.2) is 4.99 Å². The Kier molecular flexibility index (Phi) is 7.75. The third-order valence-corrected chi connectivity index (χ3v) is 5.70. The van der Waals surface area contributed by atoms with Crippen molar-refractivity contribution in [2.45, 2.75) is 19.3 Å². The Morgan fingerprint density at radius 2 is 1.84 bits per heavy atom. The second kappa shape index (κ2) is 10.5.